The Morgan fingerprint density at radius 1 is 1.00 bits per heavy atom. The van der Waals surface area contributed by atoms with E-state index in [4.69, 9.17) is 0 Å². The van der Waals surface area contributed by atoms with Crippen LogP contribution in [0, 0.1) is 0 Å². The Hall–Kier alpha value is 2.98. The van der Waals surface area contributed by atoms with Gasteiger partial charge in [0.05, 0.1) is 0 Å². The molecule has 4 heteroatoms. The van der Waals surface area contributed by atoms with Crippen LogP contribution in [-0.4, -0.2) is 60.8 Å². The zero-order chi connectivity index (χ0) is 0. The summed E-state index contributed by atoms with van der Waals surface area (Å²) in [6, 6.07) is 0. The van der Waals surface area contributed by atoms with E-state index in [0.29, 0.717) is 0 Å². The molecule has 0 fully saturated rings. The van der Waals surface area contributed by atoms with Crippen LogP contribution < -0.4 is 0 Å². The Bertz CT molecular complexity index is 8.00. The van der Waals surface area contributed by atoms with E-state index in [1.165, 1.54) is 0 Å². The third kappa shape index (κ3) is 8.88. The van der Waals surface area contributed by atoms with E-state index in [0.717, 1.165) is 0 Å². The predicted octanol–water partition coefficient (Wildman–Crippen LogP) is -1.78. The van der Waals surface area contributed by atoms with Gasteiger partial charge in [0, 0.05) is 17.1 Å². The minimum Gasteiger partial charge on any atom is 0 e. The first-order chi connectivity index (χ1) is 0. The molecule has 0 saturated carbocycles. The van der Waals surface area contributed by atoms with Crippen molar-refractivity contribution in [2.45, 2.75) is 0 Å². The van der Waals surface area contributed by atoms with Gasteiger partial charge in [0.1, 0.15) is 0 Å². The summed E-state index contributed by atoms with van der Waals surface area (Å²) < 4.78 is 0. The van der Waals surface area contributed by atoms with Crippen molar-refractivity contribution in [2.24, 2.45) is 0 Å². The molecular weight excluding hydrogens is 151 g/mol. The van der Waals surface area contributed by atoms with Crippen molar-refractivity contribution in [3.63, 3.8) is 0 Å². The number of hydrogen-bond donors (Lipinski definition) is 0. The molecule has 0 rings (SSSR count). The molecule has 0 nitrogen and oxygen atoms in total. The zero-order valence-electron chi connectivity index (χ0n) is 1.06. The van der Waals surface area contributed by atoms with E-state index >= 15 is 0 Å². The third-order valence-electron chi connectivity index (χ3n) is 0. The molecule has 0 bridgehead atoms. The Morgan fingerprint density at radius 2 is 1.00 bits per heavy atom. The molecule has 4 heavy (non-hydrogen) atoms. The summed E-state index contributed by atoms with van der Waals surface area (Å²) in [5.74, 6) is 0. The molecule has 1 unspecified atom stereocenters. The average molecular weight is 158 g/mol. The van der Waals surface area contributed by atoms with Crippen LogP contribution in [0.4, 0.5) is 0 Å². The van der Waals surface area contributed by atoms with Crippen molar-refractivity contribution in [3.8, 4) is 0 Å². The van der Waals surface area contributed by atoms with Gasteiger partial charge in [-0.25, -0.2) is 0 Å². The monoisotopic (exact) mass is 158 g/mol. The zero-order valence-corrected chi connectivity index (χ0v) is 3.58. The van der Waals surface area contributed by atoms with Gasteiger partial charge in [0.25, 0.3) is 0 Å². The van der Waals surface area contributed by atoms with Gasteiger partial charge in [-0.15, -0.1) is 0 Å². The first-order valence-corrected chi connectivity index (χ1v) is 0. The van der Waals surface area contributed by atoms with Crippen LogP contribution in [0.3, 0.4) is 0 Å². The van der Waals surface area contributed by atoms with Gasteiger partial charge < -0.3 is 0 Å². The van der Waals surface area contributed by atoms with Crippen LogP contribution in [0.2, 0.25) is 0 Å². The van der Waals surface area contributed by atoms with Crippen molar-refractivity contribution in [2.75, 3.05) is 0 Å². The molecule has 0 radical (unpaired) electrons. The van der Waals surface area contributed by atoms with Crippen LogP contribution in [0.1, 0.15) is 0 Å². The van der Waals surface area contributed by atoms with E-state index in [1.807, 2.05) is 0 Å². The minimum atomic E-state index is 0. The minimum absolute atomic E-state index is 0. The summed E-state index contributed by atoms with van der Waals surface area (Å²) in [5.41, 5.74) is 0. The predicted molar refractivity (Wildman–Crippen MR) is 28.2 cm³/mol. The fourth-order valence-electron chi connectivity index (χ4n) is 0. The Kier molecular flexibility index (Phi) is 118. The quantitative estimate of drug-likeness (QED) is 0.289. The molecule has 1 atom stereocenters. The maximum atomic E-state index is 0. The number of hydrogen-bond acceptors (Lipinski definition) is 0. The van der Waals surface area contributed by atoms with E-state index in [-0.39, 0.29) is 87.8 Å². The first-order valence-electron chi connectivity index (χ1n) is 0. The molecular formula is H7CaFeMgP. The second-order valence-electron chi connectivity index (χ2n) is 0. The summed E-state index contributed by atoms with van der Waals surface area (Å²) in [7, 11) is 0. The normalized spacial score (nSPS) is 0. The summed E-state index contributed by atoms with van der Waals surface area (Å²) in [6.07, 6.45) is 0. The Labute approximate surface area is 86.1 Å². The van der Waals surface area contributed by atoms with E-state index in [9.17, 15) is 0 Å². The largest absolute Gasteiger partial charge is 0.316 e. The fourth-order valence-corrected chi connectivity index (χ4v) is 0. The molecule has 0 aromatic heterocycles. The summed E-state index contributed by atoms with van der Waals surface area (Å²) in [6.45, 7) is 0. The van der Waals surface area contributed by atoms with Crippen LogP contribution in [0.25, 0.3) is 0 Å². The molecule has 0 aliphatic heterocycles. The Balaban J connectivity index is 0. The average Bonchev–Trinajstić information content (AvgIpc) is 0. The van der Waals surface area contributed by atoms with Gasteiger partial charge in [-0.2, -0.15) is 9.90 Å². The third-order valence-corrected chi connectivity index (χ3v) is 0. The second kappa shape index (κ2) is 16.7. The number of rotatable bonds is 0. The molecule has 0 aromatic rings. The second-order valence-corrected chi connectivity index (χ2v) is 0. The smallest absolute Gasteiger partial charge is 0 e. The van der Waals surface area contributed by atoms with Gasteiger partial charge in [0.2, 0.25) is 0 Å². The van der Waals surface area contributed by atoms with Crippen molar-refractivity contribution in [1.29, 1.82) is 0 Å². The summed E-state index contributed by atoms with van der Waals surface area (Å²) >= 11 is 0. The van der Waals surface area contributed by atoms with Crippen molar-refractivity contribution in [1.82, 2.24) is 0 Å². The molecule has 0 aliphatic carbocycles. The standard InChI is InChI=1S/Ca.Fe.Mg.H3P.4H/h;;;1H3;;;;. The van der Waals surface area contributed by atoms with Gasteiger partial charge in [0.15, 0.2) is 0 Å². The molecule has 0 saturated heterocycles. The maximum absolute atomic E-state index is 0. The maximum Gasteiger partial charge on any atom is 0.316 e. The summed E-state index contributed by atoms with van der Waals surface area (Å²) in [4.78, 5) is 0. The van der Waals surface area contributed by atoms with Crippen molar-refractivity contribution in [3.05, 3.63) is 0 Å². The molecule has 0 spiro atoms. The van der Waals surface area contributed by atoms with Crippen molar-refractivity contribution >= 4 is 70.7 Å². The van der Waals surface area contributed by atoms with Gasteiger partial charge in [-0.3, -0.25) is 0 Å². The molecule has 0 N–H and O–H groups in total. The van der Waals surface area contributed by atoms with Crippen LogP contribution >= 0.6 is 9.90 Å². The SMILES string of the molecule is P.[CaH2].[Fe].[MgH2]. The van der Waals surface area contributed by atoms with E-state index in [1.54, 1.807) is 0 Å². The molecule has 0 amide bonds. The Morgan fingerprint density at radius 3 is 1.00 bits per heavy atom. The van der Waals surface area contributed by atoms with E-state index in [2.05, 4.69) is 0 Å². The topological polar surface area (TPSA) is 0 Å². The molecule has 0 aromatic carbocycles. The fraction of sp³-hybridized carbons (Fsp3) is 0. The van der Waals surface area contributed by atoms with Crippen molar-refractivity contribution < 1.29 is 17.1 Å². The molecule has 24 valence electrons. The van der Waals surface area contributed by atoms with Crippen LogP contribution in [0.15, 0.2) is 0 Å². The molecule has 0 aliphatic rings. The first kappa shape index (κ1) is 28.1. The van der Waals surface area contributed by atoms with Crippen LogP contribution in [-0.2, 0) is 17.1 Å². The van der Waals surface area contributed by atoms with Gasteiger partial charge >= 0.3 is 60.8 Å². The summed E-state index contributed by atoms with van der Waals surface area (Å²) in [5, 5.41) is 0. The molecule has 0 heterocycles. The van der Waals surface area contributed by atoms with Gasteiger partial charge in [-0.05, 0) is 0 Å². The van der Waals surface area contributed by atoms with Gasteiger partial charge in [-0.1, -0.05) is 0 Å². The van der Waals surface area contributed by atoms with E-state index < -0.39 is 0 Å². The van der Waals surface area contributed by atoms with Crippen LogP contribution in [0.5, 0.6) is 0 Å².